The highest BCUT2D eigenvalue weighted by molar-refractivity contribution is 6.31. The van der Waals surface area contributed by atoms with Gasteiger partial charge in [-0.3, -0.25) is 9.59 Å². The van der Waals surface area contributed by atoms with Crippen LogP contribution in [0.5, 0.6) is 0 Å². The molecule has 0 amide bonds. The molecule has 3 nitrogen and oxygen atoms in total. The summed E-state index contributed by atoms with van der Waals surface area (Å²) in [4.78, 5) is 27.4. The zero-order chi connectivity index (χ0) is 22.0. The first-order chi connectivity index (χ1) is 14.8. The Bertz CT molecular complexity index is 1060. The zero-order valence-corrected chi connectivity index (χ0v) is 19.3. The van der Waals surface area contributed by atoms with Gasteiger partial charge in [0, 0.05) is 10.9 Å². The molecular formula is C27H29ClO3. The first-order valence-corrected chi connectivity index (χ1v) is 11.8. The second kappa shape index (κ2) is 7.56. The molecular weight excluding hydrogens is 408 g/mol. The van der Waals surface area contributed by atoms with Crippen LogP contribution in [0.15, 0.2) is 30.3 Å². The summed E-state index contributed by atoms with van der Waals surface area (Å²) in [6.07, 6.45) is 1.97. The monoisotopic (exact) mass is 436 g/mol. The zero-order valence-electron chi connectivity index (χ0n) is 18.6. The molecule has 2 heterocycles. The van der Waals surface area contributed by atoms with Crippen LogP contribution in [0.3, 0.4) is 0 Å². The van der Waals surface area contributed by atoms with Crippen molar-refractivity contribution in [2.75, 3.05) is 0 Å². The quantitative estimate of drug-likeness (QED) is 0.594. The summed E-state index contributed by atoms with van der Waals surface area (Å²) in [5.74, 6) is -1.09. The van der Waals surface area contributed by atoms with Gasteiger partial charge in [0.25, 0.3) is 0 Å². The van der Waals surface area contributed by atoms with Crippen molar-refractivity contribution in [3.05, 3.63) is 68.7 Å². The number of ether oxygens (including phenoxy) is 1. The molecule has 4 heteroatoms. The number of aryl methyl sites for hydroxylation is 4. The average Bonchev–Trinajstić information content (AvgIpc) is 3.39. The third kappa shape index (κ3) is 3.04. The van der Waals surface area contributed by atoms with E-state index in [0.717, 1.165) is 52.1 Å². The van der Waals surface area contributed by atoms with E-state index in [1.54, 1.807) is 0 Å². The third-order valence-electron chi connectivity index (χ3n) is 7.68. The highest BCUT2D eigenvalue weighted by Gasteiger charge is 2.66. The number of halogens is 1. The molecule has 5 rings (SSSR count). The first-order valence-electron chi connectivity index (χ1n) is 11.5. The van der Waals surface area contributed by atoms with E-state index in [9.17, 15) is 9.59 Å². The fraction of sp³-hybridized carbons (Fsp3) is 0.481. The number of hydrogen-bond acceptors (Lipinski definition) is 3. The van der Waals surface area contributed by atoms with Gasteiger partial charge in [0.05, 0.1) is 24.0 Å². The van der Waals surface area contributed by atoms with Crippen LogP contribution in [0.25, 0.3) is 0 Å². The van der Waals surface area contributed by atoms with E-state index in [1.165, 1.54) is 5.56 Å². The minimum Gasteiger partial charge on any atom is -0.373 e. The number of rotatable bonds is 4. The molecule has 2 aromatic carbocycles. The Morgan fingerprint density at radius 3 is 2.19 bits per heavy atom. The maximum absolute atomic E-state index is 13.8. The van der Waals surface area contributed by atoms with Gasteiger partial charge in [0.15, 0.2) is 11.6 Å². The summed E-state index contributed by atoms with van der Waals surface area (Å²) in [6, 6.07) is 10.4. The summed E-state index contributed by atoms with van der Waals surface area (Å²) in [5.41, 5.74) is 6.59. The van der Waals surface area contributed by atoms with Crippen LogP contribution < -0.4 is 0 Å². The van der Waals surface area contributed by atoms with Crippen molar-refractivity contribution >= 4 is 23.2 Å². The Labute approximate surface area is 189 Å². The number of Topliss-reactive ketones (excluding diaryl/α,β-unsaturated/α-hetero) is 2. The van der Waals surface area contributed by atoms with Crippen LogP contribution in [0.4, 0.5) is 0 Å². The Morgan fingerprint density at radius 1 is 0.935 bits per heavy atom. The van der Waals surface area contributed by atoms with Crippen molar-refractivity contribution in [2.24, 2.45) is 11.8 Å². The van der Waals surface area contributed by atoms with Gasteiger partial charge in [0.2, 0.25) is 0 Å². The largest absolute Gasteiger partial charge is 0.373 e. The van der Waals surface area contributed by atoms with Crippen LogP contribution in [0.2, 0.25) is 5.02 Å². The predicted octanol–water partition coefficient (Wildman–Crippen LogP) is 5.50. The Balaban J connectivity index is 1.54. The van der Waals surface area contributed by atoms with Gasteiger partial charge < -0.3 is 4.74 Å². The van der Waals surface area contributed by atoms with E-state index in [1.807, 2.05) is 13.0 Å². The summed E-state index contributed by atoms with van der Waals surface area (Å²) in [6.45, 7) is 8.30. The molecule has 0 aromatic heterocycles. The van der Waals surface area contributed by atoms with Crippen LogP contribution in [0.1, 0.15) is 65.5 Å². The van der Waals surface area contributed by atoms with Crippen molar-refractivity contribution < 1.29 is 14.3 Å². The lowest BCUT2D eigenvalue weighted by Crippen LogP contribution is -2.34. The van der Waals surface area contributed by atoms with Gasteiger partial charge in [0.1, 0.15) is 5.92 Å². The molecule has 1 unspecified atom stereocenters. The van der Waals surface area contributed by atoms with Gasteiger partial charge in [-0.15, -0.1) is 0 Å². The van der Waals surface area contributed by atoms with Gasteiger partial charge in [-0.1, -0.05) is 55.3 Å². The maximum Gasteiger partial charge on any atom is 0.154 e. The fourth-order valence-corrected chi connectivity index (χ4v) is 6.77. The summed E-state index contributed by atoms with van der Waals surface area (Å²) < 4.78 is 6.25. The lowest BCUT2D eigenvalue weighted by molar-refractivity contribution is -0.127. The van der Waals surface area contributed by atoms with Gasteiger partial charge >= 0.3 is 0 Å². The highest BCUT2D eigenvalue weighted by atomic mass is 35.5. The molecule has 3 aliphatic rings. The molecule has 162 valence electrons. The Morgan fingerprint density at radius 2 is 1.58 bits per heavy atom. The van der Waals surface area contributed by atoms with E-state index < -0.39 is 5.92 Å². The Kier molecular flexibility index (Phi) is 5.10. The van der Waals surface area contributed by atoms with E-state index >= 15 is 0 Å². The average molecular weight is 437 g/mol. The molecule has 3 fully saturated rings. The molecule has 0 spiro atoms. The van der Waals surface area contributed by atoms with Crippen molar-refractivity contribution in [3.63, 3.8) is 0 Å². The van der Waals surface area contributed by atoms with E-state index in [-0.39, 0.29) is 41.5 Å². The lowest BCUT2D eigenvalue weighted by Gasteiger charge is -2.27. The normalized spacial score (nSPS) is 31.5. The number of benzene rings is 2. The smallest absolute Gasteiger partial charge is 0.154 e. The molecule has 31 heavy (non-hydrogen) atoms. The molecule has 2 aliphatic heterocycles. The van der Waals surface area contributed by atoms with Crippen molar-refractivity contribution in [2.45, 2.75) is 71.0 Å². The van der Waals surface area contributed by atoms with Crippen molar-refractivity contribution in [3.8, 4) is 0 Å². The maximum atomic E-state index is 13.8. The number of carbonyl (C=O) groups is 2. The van der Waals surface area contributed by atoms with Crippen LogP contribution in [-0.2, 0) is 27.2 Å². The molecule has 2 saturated heterocycles. The highest BCUT2D eigenvalue weighted by Crippen LogP contribution is 2.58. The van der Waals surface area contributed by atoms with Crippen LogP contribution in [0, 0.1) is 25.7 Å². The minimum atomic E-state index is -0.637. The van der Waals surface area contributed by atoms with E-state index in [2.05, 4.69) is 45.0 Å². The van der Waals surface area contributed by atoms with Crippen LogP contribution >= 0.6 is 11.6 Å². The van der Waals surface area contributed by atoms with Gasteiger partial charge in [-0.05, 0) is 67.0 Å². The SMILES string of the molecule is CCc1cc(C)cc(CC)c1C1C(=O)[C@@H]2[C@@H]3O[C@@H](C[C@H]3c3ccc(C)cc3Cl)[C@@H]2C1=O. The molecule has 0 N–H and O–H groups in total. The van der Waals surface area contributed by atoms with Crippen molar-refractivity contribution in [1.29, 1.82) is 0 Å². The summed E-state index contributed by atoms with van der Waals surface area (Å²) in [5, 5.41) is 0.728. The minimum absolute atomic E-state index is 0.0590. The Hall–Kier alpha value is -1.97. The second-order valence-corrected chi connectivity index (χ2v) is 9.91. The van der Waals surface area contributed by atoms with Crippen molar-refractivity contribution in [1.82, 2.24) is 0 Å². The molecule has 2 bridgehead atoms. The fourth-order valence-electron chi connectivity index (χ4n) is 6.39. The van der Waals surface area contributed by atoms with Gasteiger partial charge in [-0.25, -0.2) is 0 Å². The number of fused-ring (bicyclic) bond motifs is 5. The topological polar surface area (TPSA) is 43.4 Å². The third-order valence-corrected chi connectivity index (χ3v) is 8.01. The molecule has 1 aliphatic carbocycles. The second-order valence-electron chi connectivity index (χ2n) is 9.50. The molecule has 0 radical (unpaired) electrons. The number of hydrogen-bond donors (Lipinski definition) is 0. The molecule has 6 atom stereocenters. The molecule has 1 saturated carbocycles. The molecule has 2 aromatic rings. The van der Waals surface area contributed by atoms with Crippen LogP contribution in [-0.4, -0.2) is 23.8 Å². The predicted molar refractivity (Wildman–Crippen MR) is 122 cm³/mol. The van der Waals surface area contributed by atoms with Gasteiger partial charge in [-0.2, -0.15) is 0 Å². The lowest BCUT2D eigenvalue weighted by atomic mass is 9.73. The summed E-state index contributed by atoms with van der Waals surface area (Å²) in [7, 11) is 0. The van der Waals surface area contributed by atoms with E-state index in [0.29, 0.717) is 0 Å². The standard InChI is InChI=1S/C27H29ClO3/c1-5-15-9-14(4)10-16(6-2)21(15)23-25(29)22-20-12-18(27(31-20)24(22)26(23)30)17-8-7-13(3)11-19(17)28/h7-11,18,20,22-24,27H,5-6,12H2,1-4H3/t18-,20-,22-,23?,24+,27+/m0/s1. The summed E-state index contributed by atoms with van der Waals surface area (Å²) >= 11 is 6.57. The number of carbonyl (C=O) groups excluding carboxylic acids is 2. The number of ketones is 2. The van der Waals surface area contributed by atoms with E-state index in [4.69, 9.17) is 16.3 Å². The first kappa shape index (κ1) is 20.9.